The molecule has 3 aromatic rings. The van der Waals surface area contributed by atoms with Crippen molar-refractivity contribution in [2.45, 2.75) is 32.2 Å². The number of rotatable bonds is 6. The van der Waals surface area contributed by atoms with Gasteiger partial charge in [0, 0.05) is 11.6 Å². The van der Waals surface area contributed by atoms with Gasteiger partial charge in [0.1, 0.15) is 12.7 Å². The first-order valence-corrected chi connectivity index (χ1v) is 10.8. The molecule has 2 amide bonds. The highest BCUT2D eigenvalue weighted by Crippen LogP contribution is 2.24. The lowest BCUT2D eigenvalue weighted by Crippen LogP contribution is -2.29. The van der Waals surface area contributed by atoms with E-state index in [9.17, 15) is 9.59 Å². The third-order valence-corrected chi connectivity index (χ3v) is 5.75. The molecular weight excluding hydrogens is 428 g/mol. The summed E-state index contributed by atoms with van der Waals surface area (Å²) >= 11 is 6.12. The van der Waals surface area contributed by atoms with Gasteiger partial charge in [-0.05, 0) is 43.5 Å². The highest BCUT2D eigenvalue weighted by molar-refractivity contribution is 6.34. The molecule has 164 valence electrons. The van der Waals surface area contributed by atoms with Crippen LogP contribution in [0.5, 0.6) is 0 Å². The number of hydrogen-bond donors (Lipinski definition) is 2. The molecule has 1 aromatic heterocycles. The molecule has 32 heavy (non-hydrogen) atoms. The smallest absolute Gasteiger partial charge is 0.273 e. The minimum atomic E-state index is -0.391. The summed E-state index contributed by atoms with van der Waals surface area (Å²) < 4.78 is 1.78. The number of carbonyl (C=O) groups excluding carboxylic acids is 2. The highest BCUT2D eigenvalue weighted by Gasteiger charge is 2.22. The van der Waals surface area contributed by atoms with E-state index in [1.807, 2.05) is 0 Å². The highest BCUT2D eigenvalue weighted by atomic mass is 35.5. The lowest BCUT2D eigenvalue weighted by molar-refractivity contribution is 0.0955. The van der Waals surface area contributed by atoms with Crippen molar-refractivity contribution in [1.82, 2.24) is 20.2 Å². The van der Waals surface area contributed by atoms with Crippen LogP contribution in [0, 0.1) is 5.92 Å². The van der Waals surface area contributed by atoms with Crippen LogP contribution < -0.4 is 10.7 Å². The molecule has 2 N–H and O–H groups in total. The van der Waals surface area contributed by atoms with Crippen LogP contribution in [0.15, 0.2) is 66.3 Å². The number of hydrazone groups is 1. The van der Waals surface area contributed by atoms with E-state index in [0.717, 1.165) is 31.4 Å². The van der Waals surface area contributed by atoms with Crippen molar-refractivity contribution in [1.29, 1.82) is 0 Å². The molecule has 1 heterocycles. The van der Waals surface area contributed by atoms with Gasteiger partial charge in [0.25, 0.3) is 11.8 Å². The van der Waals surface area contributed by atoms with Crippen molar-refractivity contribution in [3.05, 3.63) is 77.3 Å². The van der Waals surface area contributed by atoms with Crippen LogP contribution in [0.1, 0.15) is 46.4 Å². The summed E-state index contributed by atoms with van der Waals surface area (Å²) in [6, 6.07) is 13.6. The molecule has 0 radical (unpaired) electrons. The van der Waals surface area contributed by atoms with Crippen LogP contribution in [-0.4, -0.2) is 32.3 Å². The molecule has 1 aliphatic rings. The fraction of sp³-hybridized carbons (Fsp3) is 0.261. The van der Waals surface area contributed by atoms with E-state index in [4.69, 9.17) is 11.6 Å². The summed E-state index contributed by atoms with van der Waals surface area (Å²) in [6.07, 6.45) is 7.15. The van der Waals surface area contributed by atoms with Gasteiger partial charge in [-0.1, -0.05) is 42.3 Å². The zero-order valence-electron chi connectivity index (χ0n) is 17.4. The number of amides is 2. The lowest BCUT2D eigenvalue weighted by atomic mass is 9.87. The summed E-state index contributed by atoms with van der Waals surface area (Å²) in [5.74, 6) is -0.583. The molecule has 8 nitrogen and oxygen atoms in total. The molecule has 0 saturated heterocycles. The Morgan fingerprint density at radius 1 is 1.06 bits per heavy atom. The average molecular weight is 451 g/mol. The normalized spacial score (nSPS) is 17.2. The van der Waals surface area contributed by atoms with Crippen molar-refractivity contribution in [3.63, 3.8) is 0 Å². The predicted molar refractivity (Wildman–Crippen MR) is 123 cm³/mol. The Bertz CT molecular complexity index is 1130. The minimum absolute atomic E-state index is 0.195. The fourth-order valence-electron chi connectivity index (χ4n) is 3.77. The Kier molecular flexibility index (Phi) is 6.91. The maximum atomic E-state index is 12.9. The van der Waals surface area contributed by atoms with Gasteiger partial charge in [-0.3, -0.25) is 14.3 Å². The molecule has 1 fully saturated rings. The molecular formula is C23H23ClN6O2. The largest absolute Gasteiger partial charge is 0.321 e. The maximum absolute atomic E-state index is 12.9. The van der Waals surface area contributed by atoms with E-state index in [2.05, 4.69) is 25.9 Å². The minimum Gasteiger partial charge on any atom is -0.321 e. The summed E-state index contributed by atoms with van der Waals surface area (Å²) in [5.41, 5.74) is 4.65. The summed E-state index contributed by atoms with van der Waals surface area (Å²) in [6.45, 7) is 0.680. The number of nitrogens with zero attached hydrogens (tertiary/aromatic N) is 4. The van der Waals surface area contributed by atoms with Crippen LogP contribution >= 0.6 is 11.6 Å². The van der Waals surface area contributed by atoms with E-state index < -0.39 is 5.91 Å². The van der Waals surface area contributed by atoms with Gasteiger partial charge in [0.2, 0.25) is 0 Å². The second kappa shape index (κ2) is 10.2. The van der Waals surface area contributed by atoms with Gasteiger partial charge >= 0.3 is 0 Å². The van der Waals surface area contributed by atoms with Gasteiger partial charge in [0.05, 0.1) is 28.4 Å². The number of nitrogens with one attached hydrogen (secondary N) is 2. The second-order valence-corrected chi connectivity index (χ2v) is 7.99. The first-order chi connectivity index (χ1) is 15.6. The Morgan fingerprint density at radius 3 is 2.62 bits per heavy atom. The zero-order chi connectivity index (χ0) is 22.3. The number of halogens is 1. The van der Waals surface area contributed by atoms with Crippen molar-refractivity contribution < 1.29 is 9.59 Å². The molecule has 1 aliphatic carbocycles. The third kappa shape index (κ3) is 5.20. The standard InChI is InChI=1S/C23H23ClN6O2/c24-19-10-4-2-8-17(19)22(31)27-21-12-6-3-9-18(21)23(32)29-28-20-11-5-1-7-16(20)13-30-15-25-14-26-30/h2-4,6,8-10,12,14-16H,1,5,7,11,13H2,(H,27,31)(H,29,32)/b28-20+. The quantitative estimate of drug-likeness (QED) is 0.550. The van der Waals surface area contributed by atoms with Crippen LogP contribution in [0.25, 0.3) is 0 Å². The summed E-state index contributed by atoms with van der Waals surface area (Å²) in [4.78, 5) is 29.5. The first kappa shape index (κ1) is 21.7. The van der Waals surface area contributed by atoms with Gasteiger partial charge in [-0.25, -0.2) is 10.4 Å². The number of para-hydroxylation sites is 1. The molecule has 4 rings (SSSR count). The Labute approximate surface area is 190 Å². The Balaban J connectivity index is 1.47. The number of anilines is 1. The van der Waals surface area contributed by atoms with Crippen molar-refractivity contribution in [2.24, 2.45) is 11.0 Å². The summed E-state index contributed by atoms with van der Waals surface area (Å²) in [7, 11) is 0. The molecule has 0 aliphatic heterocycles. The Morgan fingerprint density at radius 2 is 1.84 bits per heavy atom. The van der Waals surface area contributed by atoms with Crippen LogP contribution in [0.4, 0.5) is 5.69 Å². The molecule has 0 spiro atoms. The zero-order valence-corrected chi connectivity index (χ0v) is 18.1. The number of benzene rings is 2. The number of hydrogen-bond acceptors (Lipinski definition) is 5. The van der Waals surface area contributed by atoms with Gasteiger partial charge in [-0.15, -0.1) is 0 Å². The molecule has 9 heteroatoms. The SMILES string of the molecule is O=C(Nc1ccccc1C(=O)N/N=C1\CCCCC1Cn1cncn1)c1ccccc1Cl. The molecule has 1 atom stereocenters. The average Bonchev–Trinajstić information content (AvgIpc) is 3.32. The van der Waals surface area contributed by atoms with Crippen molar-refractivity contribution >= 4 is 34.8 Å². The van der Waals surface area contributed by atoms with Gasteiger partial charge in [-0.2, -0.15) is 10.2 Å². The Hall–Kier alpha value is -3.52. The monoisotopic (exact) mass is 450 g/mol. The predicted octanol–water partition coefficient (Wildman–Crippen LogP) is 4.16. The molecule has 1 saturated carbocycles. The molecule has 1 unspecified atom stereocenters. The van der Waals surface area contributed by atoms with Crippen LogP contribution in [-0.2, 0) is 6.54 Å². The number of aromatic nitrogens is 3. The fourth-order valence-corrected chi connectivity index (χ4v) is 3.99. The van der Waals surface area contributed by atoms with Gasteiger partial charge in [0.15, 0.2) is 0 Å². The van der Waals surface area contributed by atoms with E-state index in [0.29, 0.717) is 28.4 Å². The van der Waals surface area contributed by atoms with E-state index in [1.165, 1.54) is 6.33 Å². The van der Waals surface area contributed by atoms with E-state index >= 15 is 0 Å². The number of carbonyl (C=O) groups is 2. The molecule has 2 aromatic carbocycles. The maximum Gasteiger partial charge on any atom is 0.273 e. The van der Waals surface area contributed by atoms with Crippen molar-refractivity contribution in [3.8, 4) is 0 Å². The molecule has 0 bridgehead atoms. The summed E-state index contributed by atoms with van der Waals surface area (Å²) in [5, 5.41) is 11.7. The van der Waals surface area contributed by atoms with Crippen molar-refractivity contribution in [2.75, 3.05) is 5.32 Å². The second-order valence-electron chi connectivity index (χ2n) is 7.58. The van der Waals surface area contributed by atoms with E-state index in [-0.39, 0.29) is 11.8 Å². The topological polar surface area (TPSA) is 101 Å². The lowest BCUT2D eigenvalue weighted by Gasteiger charge is -2.23. The third-order valence-electron chi connectivity index (χ3n) is 5.42. The van der Waals surface area contributed by atoms with Crippen LogP contribution in [0.2, 0.25) is 5.02 Å². The van der Waals surface area contributed by atoms with E-state index in [1.54, 1.807) is 59.5 Å². The first-order valence-electron chi connectivity index (χ1n) is 10.5. The van der Waals surface area contributed by atoms with Crippen LogP contribution in [0.3, 0.4) is 0 Å². The van der Waals surface area contributed by atoms with Gasteiger partial charge < -0.3 is 5.32 Å².